The van der Waals surface area contributed by atoms with Crippen molar-refractivity contribution in [3.8, 4) is 0 Å². The smallest absolute Gasteiger partial charge is 0.396 e. The van der Waals surface area contributed by atoms with Gasteiger partial charge >= 0.3 is 6.18 Å². The molecular weight excluding hydrogens is 365 g/mol. The van der Waals surface area contributed by atoms with E-state index in [9.17, 15) is 13.2 Å². The van der Waals surface area contributed by atoms with E-state index in [1.54, 1.807) is 18.2 Å². The van der Waals surface area contributed by atoms with E-state index in [1.807, 2.05) is 0 Å². The van der Waals surface area contributed by atoms with Crippen LogP contribution in [-0.2, 0) is 12.6 Å². The Morgan fingerprint density at radius 1 is 1.19 bits per heavy atom. The number of thioether (sulfide) groups is 1. The summed E-state index contributed by atoms with van der Waals surface area (Å²) < 4.78 is 41.5. The summed E-state index contributed by atoms with van der Waals surface area (Å²) in [5, 5.41) is 17.2. The third-order valence-electron chi connectivity index (χ3n) is 4.59. The van der Waals surface area contributed by atoms with Crippen LogP contribution in [0.25, 0.3) is 16.7 Å². The van der Waals surface area contributed by atoms with Gasteiger partial charge in [0.2, 0.25) is 5.82 Å². The molecule has 0 spiro atoms. The summed E-state index contributed by atoms with van der Waals surface area (Å²) in [6, 6.07) is 5.09. The van der Waals surface area contributed by atoms with Crippen molar-refractivity contribution in [1.29, 1.82) is 0 Å². The number of rotatable bonds is 4. The number of halogens is 3. The van der Waals surface area contributed by atoms with Crippen LogP contribution in [0.2, 0.25) is 0 Å². The summed E-state index contributed by atoms with van der Waals surface area (Å²) in [6.07, 6.45) is 0.0764. The lowest BCUT2D eigenvalue weighted by Crippen LogP contribution is -2.12. The lowest BCUT2D eigenvalue weighted by molar-refractivity contribution is -0.145. The Bertz CT molecular complexity index is 950. The molecule has 138 valence electrons. The van der Waals surface area contributed by atoms with Crippen molar-refractivity contribution in [2.75, 3.05) is 6.61 Å². The van der Waals surface area contributed by atoms with E-state index in [-0.39, 0.29) is 12.3 Å². The summed E-state index contributed by atoms with van der Waals surface area (Å²) in [7, 11) is 0. The maximum Gasteiger partial charge on any atom is 0.452 e. The molecule has 3 aromatic rings. The topological polar surface area (TPSA) is 63.3 Å². The molecule has 0 atom stereocenters. The van der Waals surface area contributed by atoms with Gasteiger partial charge in [0, 0.05) is 11.9 Å². The number of alkyl halides is 3. The minimum atomic E-state index is -4.62. The largest absolute Gasteiger partial charge is 0.452 e. The van der Waals surface area contributed by atoms with Crippen LogP contribution in [0.1, 0.15) is 37.1 Å². The summed E-state index contributed by atoms with van der Waals surface area (Å²) >= 11 is 1.49. The highest BCUT2D eigenvalue weighted by Crippen LogP contribution is 2.38. The predicted octanol–water partition coefficient (Wildman–Crippen LogP) is 3.87. The van der Waals surface area contributed by atoms with Crippen molar-refractivity contribution >= 4 is 28.4 Å². The van der Waals surface area contributed by atoms with Gasteiger partial charge < -0.3 is 5.11 Å². The fraction of sp³-hybridized carbons (Fsp3) is 0.471. The van der Waals surface area contributed by atoms with E-state index >= 15 is 0 Å². The van der Waals surface area contributed by atoms with Crippen molar-refractivity contribution in [3.63, 3.8) is 0 Å². The van der Waals surface area contributed by atoms with Crippen molar-refractivity contribution < 1.29 is 18.3 Å². The zero-order valence-corrected chi connectivity index (χ0v) is 14.6. The van der Waals surface area contributed by atoms with Crippen LogP contribution in [0.4, 0.5) is 13.2 Å². The highest BCUT2D eigenvalue weighted by atomic mass is 32.2. The SMILES string of the molecule is OCCc1ccc2nc(SC3CCCC3)c3nnc(C(F)(F)F)n3c2c1. The fourth-order valence-corrected chi connectivity index (χ4v) is 4.64. The second kappa shape index (κ2) is 6.70. The molecule has 0 saturated heterocycles. The first-order chi connectivity index (χ1) is 12.5. The number of aliphatic hydroxyl groups is 1. The van der Waals surface area contributed by atoms with E-state index in [4.69, 9.17) is 5.11 Å². The minimum Gasteiger partial charge on any atom is -0.396 e. The molecule has 1 N–H and O–H groups in total. The van der Waals surface area contributed by atoms with Crippen molar-refractivity contribution in [1.82, 2.24) is 19.6 Å². The third-order valence-corrected chi connectivity index (χ3v) is 5.89. The number of benzene rings is 1. The van der Waals surface area contributed by atoms with Gasteiger partial charge in [-0.2, -0.15) is 13.2 Å². The molecule has 0 unspecified atom stereocenters. The van der Waals surface area contributed by atoms with E-state index in [2.05, 4.69) is 15.2 Å². The summed E-state index contributed by atoms with van der Waals surface area (Å²) in [5.74, 6) is -1.05. The number of hydrogen-bond donors (Lipinski definition) is 1. The average molecular weight is 382 g/mol. The number of hydrogen-bond acceptors (Lipinski definition) is 5. The van der Waals surface area contributed by atoms with E-state index in [0.29, 0.717) is 27.7 Å². The molecule has 9 heteroatoms. The Hall–Kier alpha value is -1.87. The van der Waals surface area contributed by atoms with Crippen LogP contribution >= 0.6 is 11.8 Å². The summed E-state index contributed by atoms with van der Waals surface area (Å²) in [5.41, 5.74) is 1.65. The van der Waals surface area contributed by atoms with E-state index < -0.39 is 12.0 Å². The maximum absolute atomic E-state index is 13.5. The van der Waals surface area contributed by atoms with Crippen molar-refractivity contribution in [2.24, 2.45) is 0 Å². The molecule has 1 aliphatic rings. The predicted molar refractivity (Wildman–Crippen MR) is 92.2 cm³/mol. The lowest BCUT2D eigenvalue weighted by Gasteiger charge is -2.13. The molecule has 1 saturated carbocycles. The fourth-order valence-electron chi connectivity index (χ4n) is 3.36. The molecule has 1 aromatic carbocycles. The molecule has 5 nitrogen and oxygen atoms in total. The van der Waals surface area contributed by atoms with Crippen LogP contribution < -0.4 is 0 Å². The molecule has 0 aliphatic heterocycles. The number of aromatic nitrogens is 4. The molecule has 2 heterocycles. The van der Waals surface area contributed by atoms with Gasteiger partial charge in [-0.15, -0.1) is 10.2 Å². The van der Waals surface area contributed by atoms with Gasteiger partial charge in [-0.05, 0) is 37.0 Å². The number of fused-ring (bicyclic) bond motifs is 3. The Morgan fingerprint density at radius 2 is 1.96 bits per heavy atom. The quantitative estimate of drug-likeness (QED) is 0.742. The first kappa shape index (κ1) is 17.5. The average Bonchev–Trinajstić information content (AvgIpc) is 3.24. The van der Waals surface area contributed by atoms with Crippen molar-refractivity contribution in [3.05, 3.63) is 29.6 Å². The molecule has 2 aromatic heterocycles. The standard InChI is InChI=1S/C17H17F3N4OS/c18-17(19,20)16-23-22-14-15(26-11-3-1-2-4-11)21-12-6-5-10(7-8-25)9-13(12)24(14)16/h5-6,9,11,25H,1-4,7-8H2. The first-order valence-corrected chi connectivity index (χ1v) is 9.38. The molecular formula is C17H17F3N4OS. The minimum absolute atomic E-state index is 0.0774. The van der Waals surface area contributed by atoms with E-state index in [0.717, 1.165) is 35.6 Å². The maximum atomic E-state index is 13.5. The normalized spacial score (nSPS) is 16.2. The van der Waals surface area contributed by atoms with Gasteiger partial charge in [-0.1, -0.05) is 30.7 Å². The zero-order chi connectivity index (χ0) is 18.3. The molecule has 0 bridgehead atoms. The van der Waals surface area contributed by atoms with E-state index in [1.165, 1.54) is 11.8 Å². The molecule has 1 aliphatic carbocycles. The van der Waals surface area contributed by atoms with Gasteiger partial charge in [0.25, 0.3) is 0 Å². The Kier molecular flexibility index (Phi) is 4.52. The summed E-state index contributed by atoms with van der Waals surface area (Å²) in [4.78, 5) is 4.57. The molecule has 0 amide bonds. The van der Waals surface area contributed by atoms with Gasteiger partial charge in [0.05, 0.1) is 11.0 Å². The lowest BCUT2D eigenvalue weighted by atomic mass is 10.1. The van der Waals surface area contributed by atoms with Crippen LogP contribution in [0.5, 0.6) is 0 Å². The van der Waals surface area contributed by atoms with Gasteiger partial charge in [0.1, 0.15) is 5.03 Å². The second-order valence-corrected chi connectivity index (χ2v) is 7.71. The Morgan fingerprint density at radius 3 is 2.65 bits per heavy atom. The number of aliphatic hydroxyl groups excluding tert-OH is 1. The molecule has 1 fully saturated rings. The van der Waals surface area contributed by atoms with Crippen LogP contribution in [0.15, 0.2) is 23.2 Å². The van der Waals surface area contributed by atoms with Crippen molar-refractivity contribution in [2.45, 2.75) is 48.6 Å². The molecule has 26 heavy (non-hydrogen) atoms. The first-order valence-electron chi connectivity index (χ1n) is 8.50. The monoisotopic (exact) mass is 382 g/mol. The second-order valence-electron chi connectivity index (χ2n) is 6.42. The Balaban J connectivity index is 1.95. The molecule has 0 radical (unpaired) electrons. The highest BCUT2D eigenvalue weighted by Gasteiger charge is 2.38. The van der Waals surface area contributed by atoms with Crippen LogP contribution in [0, 0.1) is 0 Å². The highest BCUT2D eigenvalue weighted by molar-refractivity contribution is 8.00. The van der Waals surface area contributed by atoms with Crippen LogP contribution in [-0.4, -0.2) is 36.5 Å². The zero-order valence-electron chi connectivity index (χ0n) is 13.8. The Labute approximate surface area is 151 Å². The van der Waals surface area contributed by atoms with Gasteiger partial charge in [0.15, 0.2) is 5.65 Å². The summed E-state index contributed by atoms with van der Waals surface area (Å²) in [6.45, 7) is -0.0774. The third kappa shape index (κ3) is 3.14. The number of nitrogens with zero attached hydrogens (tertiary/aromatic N) is 4. The van der Waals surface area contributed by atoms with Crippen LogP contribution in [0.3, 0.4) is 0 Å². The van der Waals surface area contributed by atoms with Gasteiger partial charge in [-0.3, -0.25) is 4.40 Å². The van der Waals surface area contributed by atoms with Gasteiger partial charge in [-0.25, -0.2) is 4.98 Å². The molecule has 4 rings (SSSR count).